The number of halogens is 2. The molecule has 3 nitrogen and oxygen atoms in total. The number of hydrogen-bond donors (Lipinski definition) is 0. The molecule has 1 heterocycles. The van der Waals surface area contributed by atoms with Crippen molar-refractivity contribution in [2.24, 2.45) is 0 Å². The van der Waals surface area contributed by atoms with E-state index in [9.17, 15) is 18.4 Å². The standard InChI is InChI=1S/C14H15F2NO2S/c1-8(12-5-10(15)3-4-13(12)16)17-7-11(6-14(17)19)20-9(2)18/h3-5,8,11H,6-7H2,1-2H3. The summed E-state index contributed by atoms with van der Waals surface area (Å²) >= 11 is 1.12. The van der Waals surface area contributed by atoms with Gasteiger partial charge in [0.25, 0.3) is 0 Å². The monoisotopic (exact) mass is 299 g/mol. The van der Waals surface area contributed by atoms with Crippen LogP contribution in [0.3, 0.4) is 0 Å². The van der Waals surface area contributed by atoms with Crippen LogP contribution in [0.2, 0.25) is 0 Å². The van der Waals surface area contributed by atoms with E-state index >= 15 is 0 Å². The van der Waals surface area contributed by atoms with Gasteiger partial charge in [0, 0.05) is 30.7 Å². The molecular formula is C14H15F2NO2S. The van der Waals surface area contributed by atoms with E-state index in [1.165, 1.54) is 11.8 Å². The highest BCUT2D eigenvalue weighted by Crippen LogP contribution is 2.32. The highest BCUT2D eigenvalue weighted by Gasteiger charge is 2.35. The second kappa shape index (κ2) is 5.91. The van der Waals surface area contributed by atoms with Crippen LogP contribution in [0.25, 0.3) is 0 Å². The Labute approximate surface area is 120 Å². The molecule has 2 rings (SSSR count). The average molecular weight is 299 g/mol. The summed E-state index contributed by atoms with van der Waals surface area (Å²) < 4.78 is 27.0. The average Bonchev–Trinajstić information content (AvgIpc) is 2.71. The molecule has 0 N–H and O–H groups in total. The molecule has 1 aromatic rings. The Balaban J connectivity index is 2.17. The number of rotatable bonds is 3. The van der Waals surface area contributed by atoms with Crippen molar-refractivity contribution in [3.63, 3.8) is 0 Å². The first-order valence-electron chi connectivity index (χ1n) is 6.30. The first-order chi connectivity index (χ1) is 9.38. The maximum Gasteiger partial charge on any atom is 0.224 e. The van der Waals surface area contributed by atoms with Crippen LogP contribution in [0, 0.1) is 11.6 Å². The van der Waals surface area contributed by atoms with Crippen LogP contribution in [0.5, 0.6) is 0 Å². The van der Waals surface area contributed by atoms with Gasteiger partial charge in [-0.1, -0.05) is 11.8 Å². The topological polar surface area (TPSA) is 37.4 Å². The Bertz CT molecular complexity index is 550. The van der Waals surface area contributed by atoms with Gasteiger partial charge in [-0.15, -0.1) is 0 Å². The normalized spacial score (nSPS) is 20.3. The smallest absolute Gasteiger partial charge is 0.224 e. The van der Waals surface area contributed by atoms with E-state index < -0.39 is 17.7 Å². The third-order valence-corrected chi connectivity index (χ3v) is 4.31. The van der Waals surface area contributed by atoms with Gasteiger partial charge in [-0.2, -0.15) is 0 Å². The molecule has 1 amide bonds. The summed E-state index contributed by atoms with van der Waals surface area (Å²) in [5, 5.41) is -0.159. The van der Waals surface area contributed by atoms with Crippen LogP contribution in [-0.4, -0.2) is 27.7 Å². The third kappa shape index (κ3) is 3.17. The minimum atomic E-state index is -0.546. The van der Waals surface area contributed by atoms with Gasteiger partial charge in [0.1, 0.15) is 11.6 Å². The largest absolute Gasteiger partial charge is 0.335 e. The maximum atomic E-state index is 13.7. The number of nitrogens with zero attached hydrogens (tertiary/aromatic N) is 1. The Morgan fingerprint density at radius 1 is 1.45 bits per heavy atom. The number of likely N-dealkylation sites (tertiary alicyclic amines) is 1. The molecule has 1 aromatic carbocycles. The summed E-state index contributed by atoms with van der Waals surface area (Å²) in [5.74, 6) is -1.20. The molecule has 0 saturated carbocycles. The van der Waals surface area contributed by atoms with Gasteiger partial charge in [0.05, 0.1) is 6.04 Å². The minimum Gasteiger partial charge on any atom is -0.335 e. The van der Waals surface area contributed by atoms with Gasteiger partial charge in [-0.25, -0.2) is 8.78 Å². The zero-order valence-electron chi connectivity index (χ0n) is 11.2. The number of thioether (sulfide) groups is 1. The summed E-state index contributed by atoms with van der Waals surface area (Å²) in [6.07, 6.45) is 0.255. The molecule has 0 bridgehead atoms. The molecule has 0 radical (unpaired) electrons. The SMILES string of the molecule is CC(=O)SC1CC(=O)N(C(C)c2cc(F)ccc2F)C1. The molecule has 108 valence electrons. The van der Waals surface area contributed by atoms with Crippen LogP contribution in [0.1, 0.15) is 31.9 Å². The zero-order valence-corrected chi connectivity index (χ0v) is 12.0. The van der Waals surface area contributed by atoms with Gasteiger partial charge < -0.3 is 4.90 Å². The second-order valence-corrected chi connectivity index (χ2v) is 6.30. The fourth-order valence-corrected chi connectivity index (χ4v) is 3.32. The maximum absolute atomic E-state index is 13.7. The zero-order chi connectivity index (χ0) is 14.9. The van der Waals surface area contributed by atoms with Gasteiger partial charge in [-0.3, -0.25) is 9.59 Å². The molecule has 1 fully saturated rings. The van der Waals surface area contributed by atoms with Crippen molar-refractivity contribution < 1.29 is 18.4 Å². The van der Waals surface area contributed by atoms with Crippen molar-refractivity contribution in [3.8, 4) is 0 Å². The Morgan fingerprint density at radius 2 is 2.15 bits per heavy atom. The Morgan fingerprint density at radius 3 is 2.80 bits per heavy atom. The summed E-state index contributed by atoms with van der Waals surface area (Å²) in [4.78, 5) is 24.5. The minimum absolute atomic E-state index is 0.0470. The van der Waals surface area contributed by atoms with Gasteiger partial charge in [-0.05, 0) is 25.1 Å². The molecule has 0 spiro atoms. The number of carbonyl (C=O) groups is 2. The summed E-state index contributed by atoms with van der Waals surface area (Å²) in [5.41, 5.74) is 0.159. The summed E-state index contributed by atoms with van der Waals surface area (Å²) in [6.45, 7) is 3.49. The van der Waals surface area contributed by atoms with Crippen molar-refractivity contribution in [1.82, 2.24) is 4.90 Å². The van der Waals surface area contributed by atoms with Crippen LogP contribution in [0.15, 0.2) is 18.2 Å². The lowest BCUT2D eigenvalue weighted by molar-refractivity contribution is -0.129. The van der Waals surface area contributed by atoms with E-state index in [4.69, 9.17) is 0 Å². The molecule has 2 atom stereocenters. The van der Waals surface area contributed by atoms with E-state index in [-0.39, 0.29) is 28.3 Å². The molecule has 0 aliphatic carbocycles. The number of carbonyl (C=O) groups excluding carboxylic acids is 2. The van der Waals surface area contributed by atoms with E-state index in [2.05, 4.69) is 0 Å². The molecule has 2 unspecified atom stereocenters. The fraction of sp³-hybridized carbons (Fsp3) is 0.429. The predicted molar refractivity (Wildman–Crippen MR) is 73.2 cm³/mol. The number of benzene rings is 1. The fourth-order valence-electron chi connectivity index (χ4n) is 2.39. The van der Waals surface area contributed by atoms with Crippen molar-refractivity contribution >= 4 is 22.8 Å². The van der Waals surface area contributed by atoms with Gasteiger partial charge in [0.15, 0.2) is 5.12 Å². The van der Waals surface area contributed by atoms with Crippen molar-refractivity contribution in [2.75, 3.05) is 6.54 Å². The van der Waals surface area contributed by atoms with E-state index in [0.717, 1.165) is 30.0 Å². The summed E-state index contributed by atoms with van der Waals surface area (Å²) in [7, 11) is 0. The van der Waals surface area contributed by atoms with Crippen LogP contribution in [-0.2, 0) is 9.59 Å². The van der Waals surface area contributed by atoms with Crippen LogP contribution >= 0.6 is 11.8 Å². The van der Waals surface area contributed by atoms with E-state index in [1.54, 1.807) is 6.92 Å². The van der Waals surface area contributed by atoms with Crippen molar-refractivity contribution in [2.45, 2.75) is 31.6 Å². The molecule has 20 heavy (non-hydrogen) atoms. The number of amides is 1. The Kier molecular flexibility index (Phi) is 4.42. The van der Waals surface area contributed by atoms with E-state index in [1.807, 2.05) is 0 Å². The predicted octanol–water partition coefficient (Wildman–Crippen LogP) is 2.91. The molecule has 1 saturated heterocycles. The van der Waals surface area contributed by atoms with Crippen molar-refractivity contribution in [3.05, 3.63) is 35.4 Å². The third-order valence-electron chi connectivity index (χ3n) is 3.33. The number of hydrogen-bond acceptors (Lipinski definition) is 3. The molecule has 6 heteroatoms. The second-order valence-electron chi connectivity index (χ2n) is 4.82. The van der Waals surface area contributed by atoms with Crippen LogP contribution < -0.4 is 0 Å². The molecule has 1 aliphatic rings. The highest BCUT2D eigenvalue weighted by molar-refractivity contribution is 8.14. The molecule has 0 aromatic heterocycles. The lowest BCUT2D eigenvalue weighted by atomic mass is 10.1. The Hall–Kier alpha value is -1.43. The van der Waals surface area contributed by atoms with Crippen LogP contribution in [0.4, 0.5) is 8.78 Å². The van der Waals surface area contributed by atoms with Gasteiger partial charge in [0.2, 0.25) is 5.91 Å². The molecular weight excluding hydrogens is 284 g/mol. The highest BCUT2D eigenvalue weighted by atomic mass is 32.2. The van der Waals surface area contributed by atoms with Crippen molar-refractivity contribution in [1.29, 1.82) is 0 Å². The molecule has 1 aliphatic heterocycles. The first kappa shape index (κ1) is 15.0. The lowest BCUT2D eigenvalue weighted by Crippen LogP contribution is -2.29. The van der Waals surface area contributed by atoms with Gasteiger partial charge >= 0.3 is 0 Å². The summed E-state index contributed by atoms with van der Waals surface area (Å²) in [6, 6.07) is 2.67. The van der Waals surface area contributed by atoms with E-state index in [0.29, 0.717) is 6.54 Å². The lowest BCUT2D eigenvalue weighted by Gasteiger charge is -2.25. The first-order valence-corrected chi connectivity index (χ1v) is 7.18. The quantitative estimate of drug-likeness (QED) is 0.861.